The molecule has 480 valence electrons. The second kappa shape index (κ2) is 33.4. The molecule has 2 aromatic heterocycles. The Balaban J connectivity index is 0.000000450. The zero-order chi connectivity index (χ0) is 63.8. The molecule has 0 unspecified atom stereocenters. The van der Waals surface area contributed by atoms with Gasteiger partial charge >= 0.3 is 46.9 Å². The zero-order valence-electron chi connectivity index (χ0n) is 51.5. The molecule has 0 bridgehead atoms. The van der Waals surface area contributed by atoms with Crippen LogP contribution in [0.2, 0.25) is 10.0 Å². The number of carbonyl (C=O) groups excluding carboxylic acids is 3. The molecule has 0 fully saturated rings. The van der Waals surface area contributed by atoms with Crippen molar-refractivity contribution >= 4 is 97.6 Å². The van der Waals surface area contributed by atoms with Gasteiger partial charge in [0.05, 0.1) is 31.9 Å². The summed E-state index contributed by atoms with van der Waals surface area (Å²) in [5, 5.41) is 21.6. The predicted octanol–water partition coefficient (Wildman–Crippen LogP) is 9.33. The fraction of sp³-hybridized carbons (Fsp3) is 0.433. The highest BCUT2D eigenvalue weighted by Crippen LogP contribution is 2.27. The number of hydrogen-bond acceptors (Lipinski definition) is 17. The van der Waals surface area contributed by atoms with Crippen molar-refractivity contribution in [2.24, 2.45) is 0 Å². The lowest BCUT2D eigenvalue weighted by Crippen LogP contribution is -2.47. The maximum Gasteiger partial charge on any atom is 0.408 e. The van der Waals surface area contributed by atoms with Crippen LogP contribution in [0, 0.1) is 13.8 Å². The van der Waals surface area contributed by atoms with E-state index in [9.17, 15) is 43.5 Å². The van der Waals surface area contributed by atoms with Gasteiger partial charge in [0.1, 0.15) is 34.8 Å². The van der Waals surface area contributed by atoms with Gasteiger partial charge in [-0.15, -0.1) is 0 Å². The number of aryl methyl sites for hydroxylation is 2. The molecule has 0 aliphatic carbocycles. The van der Waals surface area contributed by atoms with Crippen molar-refractivity contribution in [1.82, 2.24) is 38.9 Å². The number of nitrogens with zero attached hydrogens (tertiary/aromatic N) is 6. The summed E-state index contributed by atoms with van der Waals surface area (Å²) in [4.78, 5) is 111. The van der Waals surface area contributed by atoms with Gasteiger partial charge in [0, 0.05) is 34.5 Å². The van der Waals surface area contributed by atoms with Gasteiger partial charge < -0.3 is 50.1 Å². The first-order chi connectivity index (χ1) is 40.3. The van der Waals surface area contributed by atoms with Crippen molar-refractivity contribution in [3.8, 4) is 11.5 Å². The number of carbonyl (C=O) groups is 4. The number of anilines is 4. The van der Waals surface area contributed by atoms with Gasteiger partial charge in [0.25, 0.3) is 0 Å². The first-order valence-electron chi connectivity index (χ1n) is 27.7. The zero-order valence-corrected chi connectivity index (χ0v) is 55.0. The molecule has 0 saturated carbocycles. The molecule has 0 saturated heterocycles. The van der Waals surface area contributed by atoms with Gasteiger partial charge in [0.15, 0.2) is 0 Å². The molecule has 5 N–H and O–H groups in total. The molecule has 88 heavy (non-hydrogen) atoms. The molecule has 6 aromatic rings. The van der Waals surface area contributed by atoms with Crippen molar-refractivity contribution in [1.29, 1.82) is 0 Å². The number of esters is 1. The second-order valence-corrected chi connectivity index (χ2v) is 23.2. The summed E-state index contributed by atoms with van der Waals surface area (Å²) in [6.07, 6.45) is -2.18. The molecule has 4 aromatic carbocycles. The standard InChI is InChI=1S/C31H40ClN5O7.C29H36ClN5O7.2H2S/c1-8-42-26(38)24(34-29(40)44-31(5,6)7)15-16-36-28(39)35-27(33-23-13-14-25(20(4)17-23)43-19(2)3)37(30(36)41)18-21-9-11-22(32)12-10-21;1-17(2)41-23-12-11-21(15-18(23)3)31-25-33-26(38)34(28(40)35(25)16-19-7-9-20(30)10-8-19)14-13-22(24(36)37)32-27(39)42-29(4,5)6;;/h9-14,17,19,24H,8,15-16,18H2,1-7H3,(H,34,40)(H,33,35,39);7-12,15,17,22H,13-14,16H2,1-6H3,(H,32,39)(H,36,37)(H,31,33,38);2*1H2/t24-;22-;;/m00../s1. The average Bonchev–Trinajstić information content (AvgIpc) is 2.24. The van der Waals surface area contributed by atoms with Crippen LogP contribution in [0.4, 0.5) is 32.9 Å². The fourth-order valence-electron chi connectivity index (χ4n) is 8.11. The van der Waals surface area contributed by atoms with E-state index in [1.54, 1.807) is 121 Å². The minimum atomic E-state index is -1.41. The van der Waals surface area contributed by atoms with Gasteiger partial charge in [-0.05, 0) is 186 Å². The summed E-state index contributed by atoms with van der Waals surface area (Å²) < 4.78 is 31.4. The summed E-state index contributed by atoms with van der Waals surface area (Å²) in [5.74, 6) is -0.637. The number of alkyl carbamates (subject to hydrolysis) is 2. The second-order valence-electron chi connectivity index (χ2n) is 22.3. The third kappa shape index (κ3) is 23.3. The lowest BCUT2D eigenvalue weighted by atomic mass is 10.2. The predicted molar refractivity (Wildman–Crippen MR) is 348 cm³/mol. The number of amides is 2. The van der Waals surface area contributed by atoms with Crippen LogP contribution in [-0.4, -0.2) is 99.6 Å². The normalized spacial score (nSPS) is 11.8. The topological polar surface area (TPSA) is 297 Å². The highest BCUT2D eigenvalue weighted by atomic mass is 35.5. The minimum Gasteiger partial charge on any atom is -0.491 e. The summed E-state index contributed by atoms with van der Waals surface area (Å²) >= 11 is 12.1. The molecule has 0 aliphatic heterocycles. The third-order valence-electron chi connectivity index (χ3n) is 11.9. The number of ether oxygens (including phenoxy) is 5. The Hall–Kier alpha value is -7.94. The molecule has 2 atom stereocenters. The van der Waals surface area contributed by atoms with Gasteiger partial charge in [-0.3, -0.25) is 9.13 Å². The van der Waals surface area contributed by atoms with Crippen LogP contribution in [0.1, 0.15) is 111 Å². The van der Waals surface area contributed by atoms with Gasteiger partial charge in [-0.25, -0.2) is 47.5 Å². The Kier molecular flexibility index (Phi) is 28.2. The lowest BCUT2D eigenvalue weighted by molar-refractivity contribution is -0.146. The summed E-state index contributed by atoms with van der Waals surface area (Å²) in [6.45, 7) is 22.7. The minimum absolute atomic E-state index is 0. The van der Waals surface area contributed by atoms with Crippen molar-refractivity contribution in [2.75, 3.05) is 17.2 Å². The number of benzene rings is 4. The summed E-state index contributed by atoms with van der Waals surface area (Å²) in [7, 11) is 0. The van der Waals surface area contributed by atoms with E-state index in [2.05, 4.69) is 31.2 Å². The number of hydrogen-bond donors (Lipinski definition) is 5. The molecule has 28 heteroatoms. The summed E-state index contributed by atoms with van der Waals surface area (Å²) in [6, 6.07) is 21.9. The molecule has 0 aliphatic rings. The lowest BCUT2D eigenvalue weighted by Gasteiger charge is -2.23. The number of aliphatic carboxylic acids is 1. The van der Waals surface area contributed by atoms with Crippen molar-refractivity contribution in [3.05, 3.63) is 159 Å². The molecular formula is C60H80Cl2N10O14S2. The maximum atomic E-state index is 13.8. The number of nitrogens with one attached hydrogen (secondary N) is 4. The Morgan fingerprint density at radius 3 is 1.26 bits per heavy atom. The third-order valence-corrected chi connectivity index (χ3v) is 12.4. The molecule has 2 heterocycles. The van der Waals surface area contributed by atoms with E-state index in [4.69, 9.17) is 46.9 Å². The highest BCUT2D eigenvalue weighted by Gasteiger charge is 2.28. The molecule has 0 spiro atoms. The number of rotatable bonds is 23. The number of aromatic nitrogens is 6. The van der Waals surface area contributed by atoms with E-state index in [0.717, 1.165) is 25.8 Å². The van der Waals surface area contributed by atoms with Gasteiger partial charge in [-0.2, -0.15) is 37.0 Å². The van der Waals surface area contributed by atoms with E-state index in [-0.39, 0.29) is 96.7 Å². The molecular weight excluding hydrogens is 1220 g/mol. The van der Waals surface area contributed by atoms with Crippen LogP contribution < -0.4 is 53.5 Å². The quantitative estimate of drug-likeness (QED) is 0.0295. The van der Waals surface area contributed by atoms with Crippen molar-refractivity contribution < 1.29 is 48.0 Å². The maximum absolute atomic E-state index is 13.8. The first kappa shape index (κ1) is 74.3. The van der Waals surface area contributed by atoms with Crippen LogP contribution in [0.3, 0.4) is 0 Å². The van der Waals surface area contributed by atoms with Crippen molar-refractivity contribution in [2.45, 2.75) is 165 Å². The molecule has 6 rings (SSSR count). The van der Waals surface area contributed by atoms with Crippen LogP contribution in [0.15, 0.2) is 104 Å². The van der Waals surface area contributed by atoms with Gasteiger partial charge in [-0.1, -0.05) is 47.5 Å². The monoisotopic (exact) mass is 1300 g/mol. The summed E-state index contributed by atoms with van der Waals surface area (Å²) in [5.41, 5.74) is -0.436. The highest BCUT2D eigenvalue weighted by molar-refractivity contribution is 7.59. The number of halogens is 2. The first-order valence-corrected chi connectivity index (χ1v) is 28.4. The van der Waals surface area contributed by atoms with E-state index >= 15 is 0 Å². The SMILES string of the molecule is CCOC(=O)[C@H](CCn1c(=O)nc(Nc2ccc(OC(C)C)c(C)c2)n(Cc2ccc(Cl)cc2)c1=O)NC(=O)OC(C)(C)C.Cc1cc(Nc2nc(=O)n(CC[C@H](NC(=O)OC(C)(C)C)C(=O)O)c(=O)n2Cc2ccc(Cl)cc2)ccc1OC(C)C.S.S. The van der Waals surface area contributed by atoms with Crippen LogP contribution in [-0.2, 0) is 50.0 Å². The van der Waals surface area contributed by atoms with Gasteiger partial charge in [0.2, 0.25) is 11.9 Å². The van der Waals surface area contributed by atoms with Crippen LogP contribution in [0.25, 0.3) is 0 Å². The Morgan fingerprint density at radius 1 is 0.568 bits per heavy atom. The molecule has 0 radical (unpaired) electrons. The smallest absolute Gasteiger partial charge is 0.408 e. The largest absolute Gasteiger partial charge is 0.491 e. The van der Waals surface area contributed by atoms with E-state index in [1.807, 2.05) is 53.7 Å². The van der Waals surface area contributed by atoms with E-state index in [0.29, 0.717) is 38.5 Å². The van der Waals surface area contributed by atoms with E-state index < -0.39 is 70.2 Å². The molecule has 2 amide bonds. The Bertz CT molecular complexity index is 3600. The fourth-order valence-corrected chi connectivity index (χ4v) is 8.36. The Labute approximate surface area is 534 Å². The Morgan fingerprint density at radius 2 is 0.932 bits per heavy atom. The molecule has 24 nitrogen and oxygen atoms in total. The number of carboxylic acids is 1. The average molecular weight is 1300 g/mol. The number of carboxylic acid groups (broad SMARTS) is 1. The van der Waals surface area contributed by atoms with E-state index in [1.165, 1.54) is 9.13 Å². The van der Waals surface area contributed by atoms with Crippen LogP contribution >= 0.6 is 50.2 Å². The van der Waals surface area contributed by atoms with Crippen molar-refractivity contribution in [3.63, 3.8) is 0 Å². The van der Waals surface area contributed by atoms with Crippen LogP contribution in [0.5, 0.6) is 11.5 Å².